The fourth-order valence-corrected chi connectivity index (χ4v) is 3.40. The third kappa shape index (κ3) is 10.1. The lowest BCUT2D eigenvalue weighted by Crippen LogP contribution is -2.32. The van der Waals surface area contributed by atoms with Crippen molar-refractivity contribution in [2.75, 3.05) is 5.75 Å². The molecule has 2 unspecified atom stereocenters. The zero-order valence-corrected chi connectivity index (χ0v) is 17.8. The van der Waals surface area contributed by atoms with Crippen molar-refractivity contribution in [1.82, 2.24) is 0 Å². The van der Waals surface area contributed by atoms with E-state index in [0.29, 0.717) is 17.9 Å². The topological polar surface area (TPSA) is 38.4 Å². The van der Waals surface area contributed by atoms with E-state index >= 15 is 0 Å². The molecular formula is C21H38N2S. The van der Waals surface area contributed by atoms with Gasteiger partial charge in [-0.1, -0.05) is 50.6 Å². The Balaban J connectivity index is 4.60. The van der Waals surface area contributed by atoms with Gasteiger partial charge in [-0.15, -0.1) is 11.8 Å². The standard InChI is InChI=1S/C21H38N2S/c1-14(2)12-16(5)10-11-17(6)18(7)20(9)24-13-21(22)19(8)23-15(3)4/h10-11,14-15,18,21H,9,12-13,22H2,1-8H3. The van der Waals surface area contributed by atoms with E-state index in [0.717, 1.165) is 17.9 Å². The Morgan fingerprint density at radius 3 is 2.17 bits per heavy atom. The molecule has 138 valence electrons. The first-order valence-corrected chi connectivity index (χ1v) is 9.98. The molecule has 0 aromatic carbocycles. The number of hydrogen-bond acceptors (Lipinski definition) is 3. The third-order valence-electron chi connectivity index (χ3n) is 3.97. The minimum Gasteiger partial charge on any atom is -0.322 e. The van der Waals surface area contributed by atoms with Gasteiger partial charge in [-0.05, 0) is 51.9 Å². The molecule has 0 saturated carbocycles. The van der Waals surface area contributed by atoms with Gasteiger partial charge in [0.1, 0.15) is 0 Å². The maximum absolute atomic E-state index is 6.22. The van der Waals surface area contributed by atoms with Crippen molar-refractivity contribution in [1.29, 1.82) is 0 Å². The monoisotopic (exact) mass is 350 g/mol. The van der Waals surface area contributed by atoms with E-state index in [1.807, 2.05) is 6.92 Å². The van der Waals surface area contributed by atoms with Crippen molar-refractivity contribution in [2.24, 2.45) is 22.6 Å². The molecular weight excluding hydrogens is 312 g/mol. The fraction of sp³-hybridized carbons (Fsp3) is 0.667. The number of rotatable bonds is 10. The zero-order chi connectivity index (χ0) is 18.9. The van der Waals surface area contributed by atoms with E-state index < -0.39 is 0 Å². The summed E-state index contributed by atoms with van der Waals surface area (Å²) in [6.07, 6.45) is 5.63. The second-order valence-corrected chi connectivity index (χ2v) is 8.64. The Kier molecular flexibility index (Phi) is 11.3. The van der Waals surface area contributed by atoms with Crippen LogP contribution in [0.2, 0.25) is 0 Å². The molecule has 0 aliphatic rings. The van der Waals surface area contributed by atoms with Crippen molar-refractivity contribution in [3.63, 3.8) is 0 Å². The third-order valence-corrected chi connectivity index (χ3v) is 5.22. The molecule has 0 rings (SSSR count). The summed E-state index contributed by atoms with van der Waals surface area (Å²) in [6, 6.07) is 0.299. The lowest BCUT2D eigenvalue weighted by molar-refractivity contribution is 0.642. The van der Waals surface area contributed by atoms with Crippen molar-refractivity contribution >= 4 is 17.5 Å². The molecule has 2 nitrogen and oxygen atoms in total. The molecule has 2 atom stereocenters. The van der Waals surface area contributed by atoms with E-state index in [2.05, 4.69) is 72.2 Å². The summed E-state index contributed by atoms with van der Waals surface area (Å²) in [4.78, 5) is 5.71. The quantitative estimate of drug-likeness (QED) is 0.387. The SMILES string of the molecule is C=C(SCC(N)C(C)=NC(C)C)C(C)C(C)=CC=C(C)CC(C)C. The summed E-state index contributed by atoms with van der Waals surface area (Å²) < 4.78 is 0. The molecule has 0 spiro atoms. The van der Waals surface area contributed by atoms with Crippen LogP contribution in [0.4, 0.5) is 0 Å². The molecule has 0 aromatic heterocycles. The number of aliphatic imine (C=N–C) groups is 1. The molecule has 0 aromatic rings. The van der Waals surface area contributed by atoms with Crippen LogP contribution in [0.3, 0.4) is 0 Å². The highest BCUT2D eigenvalue weighted by Crippen LogP contribution is 2.28. The Morgan fingerprint density at radius 2 is 1.67 bits per heavy atom. The molecule has 0 amide bonds. The van der Waals surface area contributed by atoms with Crippen LogP contribution < -0.4 is 5.73 Å². The lowest BCUT2D eigenvalue weighted by Gasteiger charge is -2.18. The number of thioether (sulfide) groups is 1. The van der Waals surface area contributed by atoms with Crippen LogP contribution in [0.5, 0.6) is 0 Å². The van der Waals surface area contributed by atoms with Gasteiger partial charge in [0.15, 0.2) is 0 Å². The lowest BCUT2D eigenvalue weighted by atomic mass is 10.00. The predicted octanol–water partition coefficient (Wildman–Crippen LogP) is 6.00. The average molecular weight is 351 g/mol. The van der Waals surface area contributed by atoms with Gasteiger partial charge < -0.3 is 5.73 Å². The van der Waals surface area contributed by atoms with Crippen LogP contribution in [0, 0.1) is 11.8 Å². The van der Waals surface area contributed by atoms with Gasteiger partial charge >= 0.3 is 0 Å². The van der Waals surface area contributed by atoms with Crippen molar-refractivity contribution in [3.8, 4) is 0 Å². The molecule has 0 bridgehead atoms. The molecule has 0 saturated heterocycles. The molecule has 0 fully saturated rings. The van der Waals surface area contributed by atoms with Crippen LogP contribution in [0.1, 0.15) is 61.8 Å². The maximum Gasteiger partial charge on any atom is 0.0518 e. The largest absolute Gasteiger partial charge is 0.322 e. The Bertz CT molecular complexity index is 484. The van der Waals surface area contributed by atoms with Crippen molar-refractivity contribution in [3.05, 3.63) is 34.8 Å². The zero-order valence-electron chi connectivity index (χ0n) is 17.0. The Labute approximate surface area is 154 Å². The molecule has 0 aliphatic heterocycles. The normalized spacial score (nSPS) is 16.7. The van der Waals surface area contributed by atoms with Gasteiger partial charge in [0.25, 0.3) is 0 Å². The van der Waals surface area contributed by atoms with Gasteiger partial charge in [0.2, 0.25) is 0 Å². The van der Waals surface area contributed by atoms with Crippen LogP contribution >= 0.6 is 11.8 Å². The fourth-order valence-electron chi connectivity index (χ4n) is 2.33. The molecule has 3 heteroatoms. The van der Waals surface area contributed by atoms with E-state index in [4.69, 9.17) is 5.73 Å². The summed E-state index contributed by atoms with van der Waals surface area (Å²) >= 11 is 1.76. The first kappa shape index (κ1) is 23.2. The smallest absolute Gasteiger partial charge is 0.0518 e. The second kappa shape index (κ2) is 11.7. The molecule has 24 heavy (non-hydrogen) atoms. The van der Waals surface area contributed by atoms with Crippen LogP contribution in [-0.4, -0.2) is 23.5 Å². The van der Waals surface area contributed by atoms with E-state index in [-0.39, 0.29) is 6.04 Å². The Morgan fingerprint density at radius 1 is 1.08 bits per heavy atom. The van der Waals surface area contributed by atoms with Crippen LogP contribution in [-0.2, 0) is 0 Å². The van der Waals surface area contributed by atoms with Crippen LogP contribution in [0.25, 0.3) is 0 Å². The second-order valence-electron chi connectivity index (χ2n) is 7.49. The number of nitrogens with two attached hydrogens (primary N) is 1. The van der Waals surface area contributed by atoms with E-state index in [1.54, 1.807) is 11.8 Å². The molecule has 2 N–H and O–H groups in total. The maximum atomic E-state index is 6.22. The minimum atomic E-state index is -0.00109. The highest BCUT2D eigenvalue weighted by atomic mass is 32.2. The number of hydrogen-bond donors (Lipinski definition) is 1. The molecule has 0 radical (unpaired) electrons. The highest BCUT2D eigenvalue weighted by molar-refractivity contribution is 8.03. The van der Waals surface area contributed by atoms with Gasteiger partial charge in [-0.25, -0.2) is 0 Å². The highest BCUT2D eigenvalue weighted by Gasteiger charge is 2.13. The van der Waals surface area contributed by atoms with Crippen molar-refractivity contribution < 1.29 is 0 Å². The van der Waals surface area contributed by atoms with Crippen LogP contribution in [0.15, 0.2) is 39.8 Å². The predicted molar refractivity (Wildman–Crippen MR) is 114 cm³/mol. The summed E-state index contributed by atoms with van der Waals surface area (Å²) in [5, 5.41) is 0. The first-order valence-electron chi connectivity index (χ1n) is 9.00. The number of nitrogens with zero attached hydrogens (tertiary/aromatic N) is 1. The van der Waals surface area contributed by atoms with Gasteiger partial charge in [-0.2, -0.15) is 0 Å². The number of allylic oxidation sites excluding steroid dienone is 5. The molecule has 0 aliphatic carbocycles. The minimum absolute atomic E-state index is 0.00109. The summed E-state index contributed by atoms with van der Waals surface area (Å²) in [7, 11) is 0. The summed E-state index contributed by atoms with van der Waals surface area (Å²) in [5.41, 5.74) is 10.0. The van der Waals surface area contributed by atoms with Gasteiger partial charge in [-0.3, -0.25) is 4.99 Å². The van der Waals surface area contributed by atoms with Gasteiger partial charge in [0, 0.05) is 23.4 Å². The Hall–Kier alpha value is -0.800. The van der Waals surface area contributed by atoms with E-state index in [9.17, 15) is 0 Å². The van der Waals surface area contributed by atoms with Gasteiger partial charge in [0.05, 0.1) is 6.04 Å². The molecule has 0 heterocycles. The summed E-state index contributed by atoms with van der Waals surface area (Å²) in [5.74, 6) is 1.89. The van der Waals surface area contributed by atoms with Crippen molar-refractivity contribution in [2.45, 2.75) is 73.9 Å². The van der Waals surface area contributed by atoms with E-state index in [1.165, 1.54) is 16.1 Å². The first-order chi connectivity index (χ1) is 11.0. The average Bonchev–Trinajstić information content (AvgIpc) is 2.47. The summed E-state index contributed by atoms with van der Waals surface area (Å²) in [6.45, 7) is 21.5.